The van der Waals surface area contributed by atoms with Crippen molar-refractivity contribution >= 4 is 17.6 Å². The summed E-state index contributed by atoms with van der Waals surface area (Å²) in [6, 6.07) is 7.57. The molecule has 0 fully saturated rings. The number of phenols is 3. The number of rotatable bonds is 6. The van der Waals surface area contributed by atoms with Gasteiger partial charge < -0.3 is 20.1 Å². The second-order valence-electron chi connectivity index (χ2n) is 11.5. The predicted octanol–water partition coefficient (Wildman–Crippen LogP) is 6.04. The fourth-order valence-corrected chi connectivity index (χ4v) is 4.20. The first kappa shape index (κ1) is 25.3. The molecule has 0 saturated carbocycles. The summed E-state index contributed by atoms with van der Waals surface area (Å²) in [5, 5.41) is 30.4. The van der Waals surface area contributed by atoms with Gasteiger partial charge in [-0.15, -0.1) is 0 Å². The van der Waals surface area contributed by atoms with Crippen LogP contribution < -0.4 is 4.74 Å². The van der Waals surface area contributed by atoms with E-state index in [9.17, 15) is 24.9 Å². The summed E-state index contributed by atoms with van der Waals surface area (Å²) in [6.07, 6.45) is 3.03. The maximum Gasteiger partial charge on any atom is 0.166 e. The van der Waals surface area contributed by atoms with Crippen molar-refractivity contribution in [2.45, 2.75) is 66.4 Å². The second kappa shape index (κ2) is 9.16. The Kier molecular flexibility index (Phi) is 6.83. The molecule has 2 aromatic rings. The molecule has 1 aliphatic rings. The Labute approximate surface area is 200 Å². The Morgan fingerprint density at radius 1 is 0.882 bits per heavy atom. The first-order valence-corrected chi connectivity index (χ1v) is 11.4. The first-order valence-electron chi connectivity index (χ1n) is 11.4. The van der Waals surface area contributed by atoms with Crippen molar-refractivity contribution in [3.63, 3.8) is 0 Å². The molecule has 6 heteroatoms. The van der Waals surface area contributed by atoms with E-state index in [2.05, 4.69) is 0 Å². The Morgan fingerprint density at radius 2 is 1.53 bits per heavy atom. The molecule has 1 aliphatic heterocycles. The fourth-order valence-electron chi connectivity index (χ4n) is 4.20. The smallest absolute Gasteiger partial charge is 0.166 e. The lowest BCUT2D eigenvalue weighted by Crippen LogP contribution is -2.23. The SMILES string of the molecule is CC(C)(C)CC(=O)/C=C/c1cc(O)c2c(c1)[C@H](C(=O)CC(C)(C)C)[C@@H](c1ccc(O)c(O)c1)O2. The van der Waals surface area contributed by atoms with E-state index in [4.69, 9.17) is 4.74 Å². The highest BCUT2D eigenvalue weighted by molar-refractivity contribution is 5.94. The van der Waals surface area contributed by atoms with Gasteiger partial charge in [0.15, 0.2) is 28.8 Å². The van der Waals surface area contributed by atoms with E-state index in [0.29, 0.717) is 23.1 Å². The van der Waals surface area contributed by atoms with Crippen LogP contribution in [0.15, 0.2) is 36.4 Å². The molecule has 2 atom stereocenters. The molecular weight excluding hydrogens is 432 g/mol. The van der Waals surface area contributed by atoms with E-state index in [1.165, 1.54) is 24.3 Å². The number of hydrogen-bond donors (Lipinski definition) is 3. The number of allylic oxidation sites excluding steroid dienone is 1. The maximum absolute atomic E-state index is 13.5. The summed E-state index contributed by atoms with van der Waals surface area (Å²) in [5.74, 6) is -1.31. The Bertz CT molecular complexity index is 1130. The highest BCUT2D eigenvalue weighted by atomic mass is 16.5. The van der Waals surface area contributed by atoms with Crippen LogP contribution >= 0.6 is 0 Å². The van der Waals surface area contributed by atoms with Crippen LogP contribution in [-0.2, 0) is 9.59 Å². The zero-order valence-corrected chi connectivity index (χ0v) is 20.7. The molecular formula is C28H34O6. The molecule has 6 nitrogen and oxygen atoms in total. The van der Waals surface area contributed by atoms with Crippen LogP contribution in [0.5, 0.6) is 23.0 Å². The number of benzene rings is 2. The molecule has 0 spiro atoms. The van der Waals surface area contributed by atoms with E-state index < -0.39 is 12.0 Å². The first-order chi connectivity index (χ1) is 15.6. The summed E-state index contributed by atoms with van der Waals surface area (Å²) in [4.78, 5) is 25.8. The summed E-state index contributed by atoms with van der Waals surface area (Å²) < 4.78 is 6.06. The van der Waals surface area contributed by atoms with Gasteiger partial charge >= 0.3 is 0 Å². The van der Waals surface area contributed by atoms with Gasteiger partial charge in [0.2, 0.25) is 0 Å². The van der Waals surface area contributed by atoms with Crippen molar-refractivity contribution < 1.29 is 29.6 Å². The van der Waals surface area contributed by atoms with Gasteiger partial charge in [-0.1, -0.05) is 53.7 Å². The maximum atomic E-state index is 13.5. The molecule has 182 valence electrons. The predicted molar refractivity (Wildman–Crippen MR) is 131 cm³/mol. The number of carbonyl (C=O) groups is 2. The summed E-state index contributed by atoms with van der Waals surface area (Å²) >= 11 is 0. The summed E-state index contributed by atoms with van der Waals surface area (Å²) in [6.45, 7) is 11.9. The number of fused-ring (bicyclic) bond motifs is 1. The Morgan fingerprint density at radius 3 is 2.12 bits per heavy atom. The van der Waals surface area contributed by atoms with E-state index >= 15 is 0 Å². The molecule has 3 rings (SSSR count). The molecule has 3 N–H and O–H groups in total. The van der Waals surface area contributed by atoms with Gasteiger partial charge in [-0.3, -0.25) is 9.59 Å². The average molecular weight is 467 g/mol. The van der Waals surface area contributed by atoms with Gasteiger partial charge in [-0.05, 0) is 52.3 Å². The van der Waals surface area contributed by atoms with Crippen molar-refractivity contribution in [1.82, 2.24) is 0 Å². The molecule has 2 aromatic carbocycles. The molecule has 0 amide bonds. The third-order valence-corrected chi connectivity index (χ3v) is 5.55. The lowest BCUT2D eigenvalue weighted by atomic mass is 9.80. The number of phenolic OH excluding ortho intramolecular Hbond substituents is 3. The van der Waals surface area contributed by atoms with Crippen molar-refractivity contribution in [3.8, 4) is 23.0 Å². The van der Waals surface area contributed by atoms with Crippen LogP contribution in [0.3, 0.4) is 0 Å². The van der Waals surface area contributed by atoms with E-state index in [-0.39, 0.29) is 51.8 Å². The average Bonchev–Trinajstić information content (AvgIpc) is 3.06. The van der Waals surface area contributed by atoms with Gasteiger partial charge in [0.25, 0.3) is 0 Å². The molecule has 0 bridgehead atoms. The Hall–Kier alpha value is -3.28. The quantitative estimate of drug-likeness (QED) is 0.354. The zero-order chi connectivity index (χ0) is 25.4. The highest BCUT2D eigenvalue weighted by Gasteiger charge is 2.43. The van der Waals surface area contributed by atoms with Crippen molar-refractivity contribution in [1.29, 1.82) is 0 Å². The lowest BCUT2D eigenvalue weighted by molar-refractivity contribution is -0.123. The van der Waals surface area contributed by atoms with Crippen molar-refractivity contribution in [3.05, 3.63) is 53.1 Å². The standard InChI is InChI=1S/C28H34O6/c1-27(2,3)14-18(29)9-7-16-11-19-24(23(33)15-28(4,5)6)25(34-26(19)22(32)12-16)17-8-10-20(30)21(31)13-17/h7-13,24-25,30-32H,14-15H2,1-6H3/b9-7+/t24-,25-/m1/s1. The van der Waals surface area contributed by atoms with Crippen molar-refractivity contribution in [2.75, 3.05) is 0 Å². The topological polar surface area (TPSA) is 104 Å². The number of ether oxygens (including phenoxy) is 1. The van der Waals surface area contributed by atoms with Crippen LogP contribution in [-0.4, -0.2) is 26.9 Å². The van der Waals surface area contributed by atoms with Crippen molar-refractivity contribution in [2.24, 2.45) is 10.8 Å². The molecule has 0 aliphatic carbocycles. The largest absolute Gasteiger partial charge is 0.504 e. The number of aromatic hydroxyl groups is 3. The summed E-state index contributed by atoms with van der Waals surface area (Å²) in [5.41, 5.74) is 1.23. The molecule has 0 aromatic heterocycles. The van der Waals surface area contributed by atoms with Crippen LogP contribution in [0.2, 0.25) is 0 Å². The lowest BCUT2D eigenvalue weighted by Gasteiger charge is -2.23. The molecule has 0 unspecified atom stereocenters. The number of Topliss-reactive ketones (excluding diaryl/α,β-unsaturated/α-hetero) is 1. The van der Waals surface area contributed by atoms with E-state index in [1.54, 1.807) is 18.2 Å². The molecule has 1 heterocycles. The molecule has 34 heavy (non-hydrogen) atoms. The fraction of sp³-hybridized carbons (Fsp3) is 0.429. The number of ketones is 2. The molecule has 0 radical (unpaired) electrons. The summed E-state index contributed by atoms with van der Waals surface area (Å²) in [7, 11) is 0. The third-order valence-electron chi connectivity index (χ3n) is 5.55. The monoisotopic (exact) mass is 466 g/mol. The highest BCUT2D eigenvalue weighted by Crippen LogP contribution is 2.52. The zero-order valence-electron chi connectivity index (χ0n) is 20.7. The van der Waals surface area contributed by atoms with Gasteiger partial charge in [-0.25, -0.2) is 0 Å². The second-order valence-corrected chi connectivity index (χ2v) is 11.5. The third kappa shape index (κ3) is 5.99. The van der Waals surface area contributed by atoms with Gasteiger partial charge in [0, 0.05) is 18.4 Å². The van der Waals surface area contributed by atoms with Crippen LogP contribution in [0.25, 0.3) is 6.08 Å². The number of carbonyl (C=O) groups excluding carboxylic acids is 2. The minimum atomic E-state index is -0.774. The van der Waals surface area contributed by atoms with Crippen LogP contribution in [0.1, 0.15) is 83.1 Å². The minimum Gasteiger partial charge on any atom is -0.504 e. The minimum absolute atomic E-state index is 0.0263. The normalized spacial score (nSPS) is 18.1. The van der Waals surface area contributed by atoms with Gasteiger partial charge in [0.05, 0.1) is 5.92 Å². The van der Waals surface area contributed by atoms with Crippen LogP contribution in [0.4, 0.5) is 0 Å². The molecule has 0 saturated heterocycles. The van der Waals surface area contributed by atoms with Crippen LogP contribution in [0, 0.1) is 10.8 Å². The Balaban J connectivity index is 2.03. The van der Waals surface area contributed by atoms with Gasteiger partial charge in [0.1, 0.15) is 11.9 Å². The number of hydrogen-bond acceptors (Lipinski definition) is 6. The van der Waals surface area contributed by atoms with E-state index in [1.807, 2.05) is 41.5 Å². The van der Waals surface area contributed by atoms with E-state index in [0.717, 1.165) is 0 Å². The van der Waals surface area contributed by atoms with Gasteiger partial charge in [-0.2, -0.15) is 0 Å².